The van der Waals surface area contributed by atoms with Gasteiger partial charge >= 0.3 is 0 Å². The van der Waals surface area contributed by atoms with Gasteiger partial charge in [-0.2, -0.15) is 0 Å². The third kappa shape index (κ3) is 4.71. The van der Waals surface area contributed by atoms with Crippen molar-refractivity contribution in [3.63, 3.8) is 0 Å². The molecule has 0 saturated heterocycles. The van der Waals surface area contributed by atoms with Gasteiger partial charge in [0.15, 0.2) is 0 Å². The van der Waals surface area contributed by atoms with Crippen molar-refractivity contribution < 1.29 is 4.42 Å². The van der Waals surface area contributed by atoms with Gasteiger partial charge in [0, 0.05) is 21.8 Å². The molecule has 0 saturated carbocycles. The summed E-state index contributed by atoms with van der Waals surface area (Å²) in [6, 6.07) is 71.3. The summed E-state index contributed by atoms with van der Waals surface area (Å²) in [6.07, 6.45) is 0. The summed E-state index contributed by atoms with van der Waals surface area (Å²) < 4.78 is 6.41. The molecule has 1 aromatic heterocycles. The monoisotopic (exact) mass is 738 g/mol. The number of hydrogen-bond donors (Lipinski definition) is 0. The van der Waals surface area contributed by atoms with Crippen LogP contribution >= 0.6 is 0 Å². The maximum absolute atomic E-state index is 6.41. The molecule has 0 spiro atoms. The summed E-state index contributed by atoms with van der Waals surface area (Å²) in [5.74, 6) is 0. The molecule has 1 heterocycles. The highest BCUT2D eigenvalue weighted by Gasteiger charge is 2.38. The lowest BCUT2D eigenvalue weighted by molar-refractivity contribution is 0.668. The summed E-state index contributed by atoms with van der Waals surface area (Å²) in [7, 11) is 0. The lowest BCUT2D eigenvalue weighted by Gasteiger charge is -2.26. The smallest absolute Gasteiger partial charge is 0.143 e. The molecule has 11 aromatic rings. The van der Waals surface area contributed by atoms with E-state index in [0.717, 1.165) is 33.1 Å². The van der Waals surface area contributed by atoms with Crippen LogP contribution in [0.4, 0.5) is 0 Å². The van der Waals surface area contributed by atoms with Crippen molar-refractivity contribution in [1.82, 2.24) is 0 Å². The van der Waals surface area contributed by atoms with Gasteiger partial charge in [-0.05, 0) is 99.6 Å². The fraction of sp³-hybridized carbons (Fsp3) is 0.0526. The van der Waals surface area contributed by atoms with E-state index >= 15 is 0 Å². The number of hydrogen-bond acceptors (Lipinski definition) is 1. The number of rotatable bonds is 4. The van der Waals surface area contributed by atoms with Crippen LogP contribution in [0.1, 0.15) is 25.0 Å². The fourth-order valence-corrected chi connectivity index (χ4v) is 10.3. The van der Waals surface area contributed by atoms with Crippen LogP contribution in [0.25, 0.3) is 110 Å². The molecular weight excluding hydrogens is 701 g/mol. The van der Waals surface area contributed by atoms with Crippen LogP contribution in [-0.4, -0.2) is 0 Å². The largest absolute Gasteiger partial charge is 0.455 e. The van der Waals surface area contributed by atoms with E-state index in [-0.39, 0.29) is 5.41 Å². The normalized spacial score (nSPS) is 13.1. The van der Waals surface area contributed by atoms with Crippen LogP contribution < -0.4 is 0 Å². The Hall–Kier alpha value is -7.22. The molecule has 12 rings (SSSR count). The zero-order valence-electron chi connectivity index (χ0n) is 32.4. The van der Waals surface area contributed by atoms with E-state index in [9.17, 15) is 0 Å². The SMILES string of the molecule is CC1(C)c2c(-c3ccc(-c4c5ccccc5c(-c5ccc(-c6cccc7c6oc6ccccc67)cc5)c5ccccc45)cc3)cccc2-c2ccc3ccccc3c21. The molecule has 1 aliphatic carbocycles. The lowest BCUT2D eigenvalue weighted by Crippen LogP contribution is -2.16. The second kappa shape index (κ2) is 12.4. The zero-order valence-corrected chi connectivity index (χ0v) is 32.4. The first-order valence-electron chi connectivity index (χ1n) is 20.3. The average Bonchev–Trinajstić information content (AvgIpc) is 3.78. The van der Waals surface area contributed by atoms with E-state index in [2.05, 4.69) is 196 Å². The Kier molecular flexibility index (Phi) is 7.04. The summed E-state index contributed by atoms with van der Waals surface area (Å²) in [5.41, 5.74) is 17.0. The number of furan rings is 1. The van der Waals surface area contributed by atoms with Crippen molar-refractivity contribution >= 4 is 54.3 Å². The number of fused-ring (bicyclic) bond motifs is 10. The Morgan fingerprint density at radius 2 is 0.759 bits per heavy atom. The van der Waals surface area contributed by atoms with Crippen LogP contribution in [0.15, 0.2) is 199 Å². The molecule has 58 heavy (non-hydrogen) atoms. The molecule has 0 amide bonds. The highest BCUT2D eigenvalue weighted by molar-refractivity contribution is 6.21. The highest BCUT2D eigenvalue weighted by Crippen LogP contribution is 2.54. The first-order chi connectivity index (χ1) is 28.5. The number of para-hydroxylation sites is 2. The first kappa shape index (κ1) is 33.0. The van der Waals surface area contributed by atoms with Gasteiger partial charge in [-0.15, -0.1) is 0 Å². The Morgan fingerprint density at radius 1 is 0.310 bits per heavy atom. The molecule has 0 N–H and O–H groups in total. The summed E-state index contributed by atoms with van der Waals surface area (Å²) in [4.78, 5) is 0. The van der Waals surface area contributed by atoms with Crippen molar-refractivity contribution in [2.75, 3.05) is 0 Å². The quantitative estimate of drug-likeness (QED) is 0.164. The van der Waals surface area contributed by atoms with Gasteiger partial charge in [-0.25, -0.2) is 0 Å². The van der Waals surface area contributed by atoms with Crippen molar-refractivity contribution in [1.29, 1.82) is 0 Å². The molecule has 0 atom stereocenters. The fourth-order valence-electron chi connectivity index (χ4n) is 10.3. The van der Waals surface area contributed by atoms with Crippen LogP contribution in [0.3, 0.4) is 0 Å². The predicted octanol–water partition coefficient (Wildman–Crippen LogP) is 16.0. The van der Waals surface area contributed by atoms with Crippen molar-refractivity contribution in [3.05, 3.63) is 205 Å². The molecule has 0 unspecified atom stereocenters. The van der Waals surface area contributed by atoms with Crippen LogP contribution in [0.5, 0.6) is 0 Å². The lowest BCUT2D eigenvalue weighted by atomic mass is 9.77. The minimum absolute atomic E-state index is 0.137. The van der Waals surface area contributed by atoms with Gasteiger partial charge in [0.1, 0.15) is 11.2 Å². The van der Waals surface area contributed by atoms with E-state index in [1.807, 2.05) is 12.1 Å². The van der Waals surface area contributed by atoms with Gasteiger partial charge in [0.2, 0.25) is 0 Å². The summed E-state index contributed by atoms with van der Waals surface area (Å²) in [6.45, 7) is 4.80. The van der Waals surface area contributed by atoms with Gasteiger partial charge in [0.25, 0.3) is 0 Å². The predicted molar refractivity (Wildman–Crippen MR) is 246 cm³/mol. The van der Waals surface area contributed by atoms with Crippen molar-refractivity contribution in [2.24, 2.45) is 0 Å². The Balaban J connectivity index is 0.969. The van der Waals surface area contributed by atoms with Crippen LogP contribution in [0, 0.1) is 0 Å². The standard InChI is InChI=1S/C57H38O/c1-57(2)54-41(20-11-22-48(54)49-34-33-35-13-3-4-14-40(35)55(49)57)36-25-29-38(30-26-36)52-44-16-5-7-18-46(44)53(47-19-8-6-17-45(47)52)39-31-27-37(28-32-39)42-21-12-23-50-43-15-9-10-24-51(43)58-56(42)50/h3-34H,1-2H3. The zero-order chi connectivity index (χ0) is 38.5. The van der Waals surface area contributed by atoms with Gasteiger partial charge in [-0.1, -0.05) is 202 Å². The van der Waals surface area contributed by atoms with Crippen LogP contribution in [0.2, 0.25) is 0 Å². The Labute approximate surface area is 337 Å². The van der Waals surface area contributed by atoms with Crippen LogP contribution in [-0.2, 0) is 5.41 Å². The Bertz CT molecular complexity index is 3390. The van der Waals surface area contributed by atoms with E-state index in [1.54, 1.807) is 0 Å². The topological polar surface area (TPSA) is 13.1 Å². The van der Waals surface area contributed by atoms with E-state index < -0.39 is 0 Å². The maximum Gasteiger partial charge on any atom is 0.143 e. The highest BCUT2D eigenvalue weighted by atomic mass is 16.3. The molecule has 0 fully saturated rings. The van der Waals surface area contributed by atoms with Gasteiger partial charge in [-0.3, -0.25) is 0 Å². The maximum atomic E-state index is 6.41. The second-order valence-electron chi connectivity index (χ2n) is 16.3. The van der Waals surface area contributed by atoms with E-state index in [1.165, 1.54) is 88.0 Å². The molecule has 0 radical (unpaired) electrons. The Morgan fingerprint density at radius 3 is 1.40 bits per heavy atom. The van der Waals surface area contributed by atoms with E-state index in [4.69, 9.17) is 4.42 Å². The molecule has 1 aliphatic rings. The minimum Gasteiger partial charge on any atom is -0.455 e. The molecular formula is C57H38O. The average molecular weight is 739 g/mol. The van der Waals surface area contributed by atoms with Gasteiger partial charge in [0.05, 0.1) is 0 Å². The first-order valence-corrected chi connectivity index (χ1v) is 20.3. The molecule has 0 bridgehead atoms. The van der Waals surface area contributed by atoms with Crippen molar-refractivity contribution in [3.8, 4) is 55.6 Å². The summed E-state index contributed by atoms with van der Waals surface area (Å²) in [5, 5.41) is 9.95. The number of benzene rings is 10. The van der Waals surface area contributed by atoms with E-state index in [0.29, 0.717) is 0 Å². The molecule has 1 heteroatoms. The molecule has 0 aliphatic heterocycles. The van der Waals surface area contributed by atoms with Gasteiger partial charge < -0.3 is 4.42 Å². The second-order valence-corrected chi connectivity index (χ2v) is 16.3. The third-order valence-corrected chi connectivity index (χ3v) is 12.8. The molecule has 1 nitrogen and oxygen atoms in total. The summed E-state index contributed by atoms with van der Waals surface area (Å²) >= 11 is 0. The third-order valence-electron chi connectivity index (χ3n) is 12.8. The van der Waals surface area contributed by atoms with Crippen molar-refractivity contribution in [2.45, 2.75) is 19.3 Å². The molecule has 10 aromatic carbocycles. The minimum atomic E-state index is -0.137. The molecule has 272 valence electrons.